The van der Waals surface area contributed by atoms with Gasteiger partial charge in [0.25, 0.3) is 0 Å². The first-order valence-electron chi connectivity index (χ1n) is 6.92. The molecule has 0 aliphatic heterocycles. The number of benzene rings is 1. The van der Waals surface area contributed by atoms with Crippen molar-refractivity contribution >= 4 is 11.7 Å². The highest BCUT2D eigenvalue weighted by Gasteiger charge is 2.29. The summed E-state index contributed by atoms with van der Waals surface area (Å²) in [6.45, 7) is 0. The fourth-order valence-corrected chi connectivity index (χ4v) is 2.77. The van der Waals surface area contributed by atoms with Gasteiger partial charge in [0.05, 0.1) is 5.69 Å². The number of aliphatic carboxylic acids is 1. The van der Waals surface area contributed by atoms with E-state index in [0.717, 1.165) is 25.7 Å². The molecule has 0 amide bonds. The van der Waals surface area contributed by atoms with E-state index in [1.165, 1.54) is 18.9 Å². The van der Waals surface area contributed by atoms with E-state index < -0.39 is 17.8 Å². The van der Waals surface area contributed by atoms with Gasteiger partial charge in [-0.1, -0.05) is 37.8 Å². The van der Waals surface area contributed by atoms with Crippen LogP contribution in [0.3, 0.4) is 0 Å². The molecule has 1 aliphatic carbocycles. The zero-order chi connectivity index (χ0) is 13.7. The fourth-order valence-electron chi connectivity index (χ4n) is 2.77. The van der Waals surface area contributed by atoms with E-state index in [1.807, 2.05) is 0 Å². The number of carbonyl (C=O) groups is 1. The summed E-state index contributed by atoms with van der Waals surface area (Å²) in [5, 5.41) is 12.3. The van der Waals surface area contributed by atoms with Crippen molar-refractivity contribution in [2.75, 3.05) is 5.32 Å². The third-order valence-corrected chi connectivity index (χ3v) is 3.82. The van der Waals surface area contributed by atoms with Crippen molar-refractivity contribution in [3.63, 3.8) is 0 Å². The fraction of sp³-hybridized carbons (Fsp3) is 0.533. The Balaban J connectivity index is 2.11. The highest BCUT2D eigenvalue weighted by Crippen LogP contribution is 2.28. The zero-order valence-electron chi connectivity index (χ0n) is 10.9. The monoisotopic (exact) mass is 265 g/mol. The number of carboxylic acid groups (broad SMARTS) is 1. The van der Waals surface area contributed by atoms with Crippen LogP contribution in [0.4, 0.5) is 10.1 Å². The van der Waals surface area contributed by atoms with Gasteiger partial charge in [-0.3, -0.25) is 0 Å². The van der Waals surface area contributed by atoms with Crippen molar-refractivity contribution in [3.8, 4) is 0 Å². The molecule has 0 heterocycles. The van der Waals surface area contributed by atoms with Gasteiger partial charge in [0.2, 0.25) is 0 Å². The smallest absolute Gasteiger partial charge is 0.326 e. The van der Waals surface area contributed by atoms with Crippen LogP contribution in [0.2, 0.25) is 0 Å². The molecule has 3 nitrogen and oxygen atoms in total. The van der Waals surface area contributed by atoms with E-state index in [-0.39, 0.29) is 11.6 Å². The maximum atomic E-state index is 13.6. The Hall–Kier alpha value is -1.58. The van der Waals surface area contributed by atoms with Crippen molar-refractivity contribution in [2.24, 2.45) is 5.92 Å². The van der Waals surface area contributed by atoms with Gasteiger partial charge in [-0.2, -0.15) is 0 Å². The molecule has 0 bridgehead atoms. The SMILES string of the molecule is O=C(O)C(Nc1ccccc1F)C1CCCCCC1. The normalized spacial score (nSPS) is 18.6. The van der Waals surface area contributed by atoms with E-state index >= 15 is 0 Å². The van der Waals surface area contributed by atoms with Gasteiger partial charge in [-0.05, 0) is 30.9 Å². The average Bonchev–Trinajstić information content (AvgIpc) is 2.66. The molecule has 2 rings (SSSR count). The molecule has 1 saturated carbocycles. The minimum Gasteiger partial charge on any atom is -0.480 e. The quantitative estimate of drug-likeness (QED) is 0.817. The average molecular weight is 265 g/mol. The first kappa shape index (κ1) is 13.8. The third kappa shape index (κ3) is 3.69. The van der Waals surface area contributed by atoms with Crippen LogP contribution in [0.15, 0.2) is 24.3 Å². The second kappa shape index (κ2) is 6.55. The molecular formula is C15H20FNO2. The lowest BCUT2D eigenvalue weighted by atomic mass is 9.91. The standard InChI is InChI=1S/C15H20FNO2/c16-12-9-5-6-10-13(12)17-14(15(18)19)11-7-3-1-2-4-8-11/h5-6,9-11,14,17H,1-4,7-8H2,(H,18,19). The minimum atomic E-state index is -0.893. The van der Waals surface area contributed by atoms with Crippen molar-refractivity contribution in [1.29, 1.82) is 0 Å². The van der Waals surface area contributed by atoms with Crippen LogP contribution in [0.5, 0.6) is 0 Å². The summed E-state index contributed by atoms with van der Waals surface area (Å²) in [5.74, 6) is -1.21. The Kier molecular flexibility index (Phi) is 4.77. The predicted molar refractivity (Wildman–Crippen MR) is 72.6 cm³/mol. The van der Waals surface area contributed by atoms with E-state index in [4.69, 9.17) is 0 Å². The van der Waals surface area contributed by atoms with Gasteiger partial charge < -0.3 is 10.4 Å². The van der Waals surface area contributed by atoms with Crippen LogP contribution >= 0.6 is 0 Å². The van der Waals surface area contributed by atoms with Crippen molar-refractivity contribution in [3.05, 3.63) is 30.1 Å². The summed E-state index contributed by atoms with van der Waals surface area (Å²) < 4.78 is 13.6. The predicted octanol–water partition coefficient (Wildman–Crippen LogP) is 3.66. The molecule has 1 aliphatic rings. The Bertz CT molecular complexity index is 428. The molecule has 0 spiro atoms. The van der Waals surface area contributed by atoms with Crippen molar-refractivity contribution in [1.82, 2.24) is 0 Å². The number of anilines is 1. The first-order valence-corrected chi connectivity index (χ1v) is 6.92. The number of para-hydroxylation sites is 1. The van der Waals surface area contributed by atoms with Crippen LogP contribution < -0.4 is 5.32 Å². The number of hydrogen-bond acceptors (Lipinski definition) is 2. The number of rotatable bonds is 4. The van der Waals surface area contributed by atoms with Crippen molar-refractivity contribution in [2.45, 2.75) is 44.6 Å². The van der Waals surface area contributed by atoms with E-state index in [0.29, 0.717) is 0 Å². The lowest BCUT2D eigenvalue weighted by Gasteiger charge is -2.24. The Morgan fingerprint density at radius 2 is 1.84 bits per heavy atom. The summed E-state index contributed by atoms with van der Waals surface area (Å²) in [6, 6.07) is 5.53. The Morgan fingerprint density at radius 1 is 1.21 bits per heavy atom. The van der Waals surface area contributed by atoms with Crippen LogP contribution in [-0.4, -0.2) is 17.1 Å². The third-order valence-electron chi connectivity index (χ3n) is 3.82. The summed E-state index contributed by atoms with van der Waals surface area (Å²) in [7, 11) is 0. The van der Waals surface area contributed by atoms with Crippen LogP contribution in [0.25, 0.3) is 0 Å². The second-order valence-electron chi connectivity index (χ2n) is 5.19. The van der Waals surface area contributed by atoms with E-state index in [2.05, 4.69) is 5.32 Å². The van der Waals surface area contributed by atoms with Gasteiger partial charge in [0.15, 0.2) is 0 Å². The molecule has 19 heavy (non-hydrogen) atoms. The van der Waals surface area contributed by atoms with Gasteiger partial charge in [-0.15, -0.1) is 0 Å². The summed E-state index contributed by atoms with van der Waals surface area (Å²) in [4.78, 5) is 11.4. The van der Waals surface area contributed by atoms with E-state index in [1.54, 1.807) is 18.2 Å². The number of hydrogen-bond donors (Lipinski definition) is 2. The lowest BCUT2D eigenvalue weighted by molar-refractivity contribution is -0.139. The molecule has 1 atom stereocenters. The molecule has 2 N–H and O–H groups in total. The molecule has 0 aromatic heterocycles. The molecule has 1 unspecified atom stereocenters. The second-order valence-corrected chi connectivity index (χ2v) is 5.19. The van der Waals surface area contributed by atoms with Gasteiger partial charge in [0.1, 0.15) is 11.9 Å². The number of halogens is 1. The van der Waals surface area contributed by atoms with Crippen LogP contribution in [0, 0.1) is 11.7 Å². The van der Waals surface area contributed by atoms with Crippen LogP contribution in [0.1, 0.15) is 38.5 Å². The highest BCUT2D eigenvalue weighted by molar-refractivity contribution is 5.77. The molecule has 0 radical (unpaired) electrons. The molecule has 1 aromatic carbocycles. The molecular weight excluding hydrogens is 245 g/mol. The Morgan fingerprint density at radius 3 is 2.42 bits per heavy atom. The van der Waals surface area contributed by atoms with Gasteiger partial charge in [0, 0.05) is 0 Å². The topological polar surface area (TPSA) is 49.3 Å². The highest BCUT2D eigenvalue weighted by atomic mass is 19.1. The minimum absolute atomic E-state index is 0.0830. The zero-order valence-corrected chi connectivity index (χ0v) is 10.9. The molecule has 4 heteroatoms. The molecule has 0 saturated heterocycles. The maximum Gasteiger partial charge on any atom is 0.326 e. The van der Waals surface area contributed by atoms with E-state index in [9.17, 15) is 14.3 Å². The number of nitrogens with one attached hydrogen (secondary N) is 1. The first-order chi connectivity index (χ1) is 9.18. The number of carboxylic acids is 1. The molecule has 1 aromatic rings. The molecule has 104 valence electrons. The summed E-state index contributed by atoms with van der Waals surface area (Å²) in [6.07, 6.45) is 6.27. The lowest BCUT2D eigenvalue weighted by Crippen LogP contribution is -2.37. The Labute approximate surface area is 112 Å². The maximum absolute atomic E-state index is 13.6. The van der Waals surface area contributed by atoms with Crippen molar-refractivity contribution < 1.29 is 14.3 Å². The van der Waals surface area contributed by atoms with Gasteiger partial charge in [-0.25, -0.2) is 9.18 Å². The summed E-state index contributed by atoms with van der Waals surface area (Å²) in [5.41, 5.74) is 0.277. The van der Waals surface area contributed by atoms with Gasteiger partial charge >= 0.3 is 5.97 Å². The summed E-state index contributed by atoms with van der Waals surface area (Å²) >= 11 is 0. The van der Waals surface area contributed by atoms with Crippen LogP contribution in [-0.2, 0) is 4.79 Å². The molecule has 1 fully saturated rings. The largest absolute Gasteiger partial charge is 0.480 e.